The average Bonchev–Trinajstić information content (AvgIpc) is 2.64. The predicted octanol–water partition coefficient (Wildman–Crippen LogP) is 0.356. The van der Waals surface area contributed by atoms with Gasteiger partial charge in [0.25, 0.3) is 0 Å². The molecule has 1 aliphatic rings. The molecule has 0 aliphatic carbocycles. The molecule has 1 N–H and O–H groups in total. The van der Waals surface area contributed by atoms with Gasteiger partial charge in [0.2, 0.25) is 5.91 Å². The molecule has 0 spiro atoms. The molecule has 2 atom stereocenters. The van der Waals surface area contributed by atoms with Crippen LogP contribution in [0.15, 0.2) is 0 Å². The van der Waals surface area contributed by atoms with E-state index in [0.717, 1.165) is 19.5 Å². The molecular formula is C10H17N3O. The van der Waals surface area contributed by atoms with Gasteiger partial charge in [-0.2, -0.15) is 5.26 Å². The van der Waals surface area contributed by atoms with Crippen LogP contribution in [0.4, 0.5) is 0 Å². The first-order valence-electron chi connectivity index (χ1n) is 5.01. The third-order valence-electron chi connectivity index (χ3n) is 2.87. The maximum atomic E-state index is 11.3. The molecule has 1 heterocycles. The summed E-state index contributed by atoms with van der Waals surface area (Å²) in [4.78, 5) is 13.5. The summed E-state index contributed by atoms with van der Waals surface area (Å²) in [5, 5.41) is 11.2. The lowest BCUT2D eigenvalue weighted by molar-refractivity contribution is -0.125. The van der Waals surface area contributed by atoms with E-state index in [4.69, 9.17) is 5.26 Å². The number of hydrogen-bond acceptors (Lipinski definition) is 3. The summed E-state index contributed by atoms with van der Waals surface area (Å²) >= 11 is 0. The van der Waals surface area contributed by atoms with Gasteiger partial charge >= 0.3 is 0 Å². The second-order valence-corrected chi connectivity index (χ2v) is 3.80. The van der Waals surface area contributed by atoms with Crippen molar-refractivity contribution in [2.75, 3.05) is 20.1 Å². The van der Waals surface area contributed by atoms with Gasteiger partial charge in [-0.1, -0.05) is 0 Å². The molecule has 0 aromatic rings. The van der Waals surface area contributed by atoms with E-state index in [1.807, 2.05) is 6.92 Å². The Morgan fingerprint density at radius 2 is 2.50 bits per heavy atom. The third kappa shape index (κ3) is 2.46. The van der Waals surface area contributed by atoms with Gasteiger partial charge in [-0.05, 0) is 25.8 Å². The minimum absolute atomic E-state index is 0.0580. The number of amides is 1. The van der Waals surface area contributed by atoms with Gasteiger partial charge in [0.15, 0.2) is 0 Å². The van der Waals surface area contributed by atoms with Gasteiger partial charge in [0, 0.05) is 20.0 Å². The molecule has 0 radical (unpaired) electrons. The third-order valence-corrected chi connectivity index (χ3v) is 2.87. The van der Waals surface area contributed by atoms with Crippen LogP contribution in [-0.2, 0) is 4.79 Å². The van der Waals surface area contributed by atoms with Crippen molar-refractivity contribution in [1.82, 2.24) is 10.2 Å². The van der Waals surface area contributed by atoms with E-state index < -0.39 is 0 Å². The average molecular weight is 195 g/mol. The van der Waals surface area contributed by atoms with Crippen molar-refractivity contribution in [3.05, 3.63) is 0 Å². The van der Waals surface area contributed by atoms with Crippen molar-refractivity contribution in [3.63, 3.8) is 0 Å². The summed E-state index contributed by atoms with van der Waals surface area (Å²) in [5.41, 5.74) is 0. The van der Waals surface area contributed by atoms with E-state index in [9.17, 15) is 4.79 Å². The Kier molecular flexibility index (Phi) is 3.90. The summed E-state index contributed by atoms with van der Waals surface area (Å²) in [6.07, 6.45) is 1.64. The Labute approximate surface area is 84.9 Å². The molecule has 1 rings (SSSR count). The molecule has 4 heteroatoms. The second kappa shape index (κ2) is 4.97. The number of carbonyl (C=O) groups excluding carboxylic acids is 1. The first kappa shape index (κ1) is 11.0. The van der Waals surface area contributed by atoms with Crippen molar-refractivity contribution in [2.45, 2.75) is 25.8 Å². The molecule has 0 saturated carbocycles. The maximum Gasteiger partial charge on any atom is 0.236 e. The molecule has 1 fully saturated rings. The number of rotatable bonds is 3. The van der Waals surface area contributed by atoms with Crippen LogP contribution in [0, 0.1) is 17.2 Å². The lowest BCUT2D eigenvalue weighted by Crippen LogP contribution is -2.42. The molecule has 0 aromatic heterocycles. The number of nitriles is 1. The zero-order valence-corrected chi connectivity index (χ0v) is 8.79. The van der Waals surface area contributed by atoms with Crippen molar-refractivity contribution >= 4 is 5.91 Å². The van der Waals surface area contributed by atoms with Crippen molar-refractivity contribution in [2.24, 2.45) is 5.92 Å². The van der Waals surface area contributed by atoms with Crippen LogP contribution < -0.4 is 5.32 Å². The number of likely N-dealkylation sites (tertiary alicyclic amines) is 1. The molecule has 0 bridgehead atoms. The molecule has 78 valence electrons. The highest BCUT2D eigenvalue weighted by Crippen LogP contribution is 2.20. The van der Waals surface area contributed by atoms with E-state index in [1.165, 1.54) is 0 Å². The van der Waals surface area contributed by atoms with E-state index >= 15 is 0 Å². The predicted molar refractivity (Wildman–Crippen MR) is 53.4 cm³/mol. The lowest BCUT2D eigenvalue weighted by Gasteiger charge is -2.22. The Hall–Kier alpha value is -1.08. The van der Waals surface area contributed by atoms with Crippen LogP contribution in [0.25, 0.3) is 0 Å². The van der Waals surface area contributed by atoms with Gasteiger partial charge in [-0.3, -0.25) is 9.69 Å². The van der Waals surface area contributed by atoms with Crippen molar-refractivity contribution in [1.29, 1.82) is 5.26 Å². The van der Waals surface area contributed by atoms with E-state index in [0.29, 0.717) is 12.3 Å². The SMILES string of the molecule is CNC(=O)C(C)N1CCC(CC#N)C1. The Morgan fingerprint density at radius 3 is 3.07 bits per heavy atom. The minimum Gasteiger partial charge on any atom is -0.358 e. The standard InChI is InChI=1S/C10H17N3O/c1-8(10(14)12-2)13-6-4-9(7-13)3-5-11/h8-9H,3-4,6-7H2,1-2H3,(H,12,14). The van der Waals surface area contributed by atoms with Crippen LogP contribution in [-0.4, -0.2) is 37.0 Å². The topological polar surface area (TPSA) is 56.1 Å². The Morgan fingerprint density at radius 1 is 1.79 bits per heavy atom. The van der Waals surface area contributed by atoms with Crippen molar-refractivity contribution < 1.29 is 4.79 Å². The highest BCUT2D eigenvalue weighted by atomic mass is 16.2. The number of nitrogens with zero attached hydrogens (tertiary/aromatic N) is 2. The first-order valence-corrected chi connectivity index (χ1v) is 5.01. The van der Waals surface area contributed by atoms with Gasteiger partial charge in [0.1, 0.15) is 0 Å². The Balaban J connectivity index is 2.42. The number of hydrogen-bond donors (Lipinski definition) is 1. The maximum absolute atomic E-state index is 11.3. The largest absolute Gasteiger partial charge is 0.358 e. The smallest absolute Gasteiger partial charge is 0.236 e. The number of likely N-dealkylation sites (N-methyl/N-ethyl adjacent to an activating group) is 1. The summed E-state index contributed by atoms with van der Waals surface area (Å²) < 4.78 is 0. The zero-order chi connectivity index (χ0) is 10.6. The van der Waals surface area contributed by atoms with Crippen LogP contribution in [0.5, 0.6) is 0 Å². The molecule has 2 unspecified atom stereocenters. The zero-order valence-electron chi connectivity index (χ0n) is 8.79. The fraction of sp³-hybridized carbons (Fsp3) is 0.800. The second-order valence-electron chi connectivity index (χ2n) is 3.80. The summed E-state index contributed by atoms with van der Waals surface area (Å²) in [5.74, 6) is 0.509. The molecule has 4 nitrogen and oxygen atoms in total. The number of nitrogens with one attached hydrogen (secondary N) is 1. The fourth-order valence-electron chi connectivity index (χ4n) is 1.88. The molecule has 0 aromatic carbocycles. The van der Waals surface area contributed by atoms with E-state index in [2.05, 4.69) is 16.3 Å². The molecular weight excluding hydrogens is 178 g/mol. The van der Waals surface area contributed by atoms with Gasteiger partial charge in [-0.25, -0.2) is 0 Å². The Bertz CT molecular complexity index is 246. The van der Waals surface area contributed by atoms with Gasteiger partial charge < -0.3 is 5.32 Å². The normalized spacial score (nSPS) is 24.2. The first-order chi connectivity index (χ1) is 6.69. The van der Waals surface area contributed by atoms with E-state index in [-0.39, 0.29) is 11.9 Å². The highest BCUT2D eigenvalue weighted by molar-refractivity contribution is 5.80. The van der Waals surface area contributed by atoms with Gasteiger partial charge in [-0.15, -0.1) is 0 Å². The fourth-order valence-corrected chi connectivity index (χ4v) is 1.88. The monoisotopic (exact) mass is 195 g/mol. The van der Waals surface area contributed by atoms with Gasteiger partial charge in [0.05, 0.1) is 12.1 Å². The lowest BCUT2D eigenvalue weighted by atomic mass is 10.1. The highest BCUT2D eigenvalue weighted by Gasteiger charge is 2.28. The van der Waals surface area contributed by atoms with Crippen LogP contribution >= 0.6 is 0 Å². The van der Waals surface area contributed by atoms with Crippen LogP contribution in [0.2, 0.25) is 0 Å². The molecule has 1 aliphatic heterocycles. The van der Waals surface area contributed by atoms with Crippen LogP contribution in [0.3, 0.4) is 0 Å². The molecule has 14 heavy (non-hydrogen) atoms. The molecule has 1 amide bonds. The summed E-state index contributed by atoms with van der Waals surface area (Å²) in [6.45, 7) is 3.72. The summed E-state index contributed by atoms with van der Waals surface area (Å²) in [6, 6.07) is 2.12. The summed E-state index contributed by atoms with van der Waals surface area (Å²) in [7, 11) is 1.65. The molecule has 1 saturated heterocycles. The quantitative estimate of drug-likeness (QED) is 0.707. The van der Waals surface area contributed by atoms with Crippen molar-refractivity contribution in [3.8, 4) is 6.07 Å². The number of carbonyl (C=O) groups is 1. The minimum atomic E-state index is -0.0660. The van der Waals surface area contributed by atoms with Crippen LogP contribution in [0.1, 0.15) is 19.8 Å². The van der Waals surface area contributed by atoms with E-state index in [1.54, 1.807) is 7.05 Å².